The standard InChI is InChI=1S/C22H26Cl2N4O5/c1-13-9-15(14-5-7-27(8-6-14)21(29)33-22(2,3)4)10-17(28(30)31)18(13)32-11-16-19(23)25-12-26-20(16)24/h9-10,12,14H,5-8,11H2,1-4H3. The van der Waals surface area contributed by atoms with E-state index in [-0.39, 0.29) is 40.4 Å². The first kappa shape index (κ1) is 25.0. The van der Waals surface area contributed by atoms with Crippen LogP contribution < -0.4 is 4.74 Å². The monoisotopic (exact) mass is 496 g/mol. The van der Waals surface area contributed by atoms with Crippen molar-refractivity contribution in [2.24, 2.45) is 0 Å². The van der Waals surface area contributed by atoms with Crippen molar-refractivity contribution in [3.05, 3.63) is 55.6 Å². The third kappa shape index (κ3) is 6.23. The van der Waals surface area contributed by atoms with E-state index in [0.717, 1.165) is 5.56 Å². The number of amides is 1. The number of halogens is 2. The fourth-order valence-corrected chi connectivity index (χ4v) is 4.12. The number of hydrogen-bond donors (Lipinski definition) is 0. The van der Waals surface area contributed by atoms with E-state index in [0.29, 0.717) is 37.1 Å². The van der Waals surface area contributed by atoms with Gasteiger partial charge in [-0.25, -0.2) is 14.8 Å². The Morgan fingerprint density at radius 3 is 2.36 bits per heavy atom. The zero-order valence-corrected chi connectivity index (χ0v) is 20.4. The van der Waals surface area contributed by atoms with Gasteiger partial charge in [-0.3, -0.25) is 10.1 Å². The molecule has 2 heterocycles. The zero-order valence-electron chi connectivity index (χ0n) is 18.9. The van der Waals surface area contributed by atoms with Crippen molar-refractivity contribution in [2.75, 3.05) is 13.1 Å². The van der Waals surface area contributed by atoms with Crippen LogP contribution in [0.25, 0.3) is 0 Å². The minimum atomic E-state index is -0.554. The van der Waals surface area contributed by atoms with E-state index in [4.69, 9.17) is 32.7 Å². The maximum Gasteiger partial charge on any atom is 0.410 e. The fraction of sp³-hybridized carbons (Fsp3) is 0.500. The van der Waals surface area contributed by atoms with Gasteiger partial charge in [0, 0.05) is 19.2 Å². The quantitative estimate of drug-likeness (QED) is 0.297. The Labute approximate surface area is 202 Å². The maximum absolute atomic E-state index is 12.3. The molecular formula is C22H26Cl2N4O5. The lowest BCUT2D eigenvalue weighted by Gasteiger charge is -2.33. The van der Waals surface area contributed by atoms with Gasteiger partial charge in [-0.15, -0.1) is 0 Å². The van der Waals surface area contributed by atoms with E-state index in [9.17, 15) is 14.9 Å². The van der Waals surface area contributed by atoms with Crippen LogP contribution >= 0.6 is 23.2 Å². The lowest BCUT2D eigenvalue weighted by molar-refractivity contribution is -0.386. The fourth-order valence-electron chi connectivity index (χ4n) is 3.70. The molecule has 0 spiro atoms. The van der Waals surface area contributed by atoms with Crippen molar-refractivity contribution < 1.29 is 19.2 Å². The first-order valence-electron chi connectivity index (χ1n) is 10.5. The number of nitro groups is 1. The normalized spacial score (nSPS) is 14.8. The number of nitro benzene ring substituents is 1. The van der Waals surface area contributed by atoms with Gasteiger partial charge >= 0.3 is 11.8 Å². The smallest absolute Gasteiger partial charge is 0.410 e. The van der Waals surface area contributed by atoms with Crippen LogP contribution in [0.1, 0.15) is 56.2 Å². The minimum absolute atomic E-state index is 0.0848. The van der Waals surface area contributed by atoms with Crippen molar-refractivity contribution in [3.63, 3.8) is 0 Å². The Morgan fingerprint density at radius 1 is 1.21 bits per heavy atom. The second kappa shape index (κ2) is 10.1. The summed E-state index contributed by atoms with van der Waals surface area (Å²) in [5.41, 5.74) is 1.13. The van der Waals surface area contributed by atoms with Gasteiger partial charge in [0.1, 0.15) is 28.8 Å². The van der Waals surface area contributed by atoms with Crippen LogP contribution in [-0.4, -0.2) is 44.6 Å². The van der Waals surface area contributed by atoms with E-state index in [2.05, 4.69) is 9.97 Å². The van der Waals surface area contributed by atoms with Crippen LogP contribution in [0.4, 0.5) is 10.5 Å². The molecule has 0 N–H and O–H groups in total. The van der Waals surface area contributed by atoms with Gasteiger partial charge in [0.2, 0.25) is 0 Å². The van der Waals surface area contributed by atoms with Crippen LogP contribution in [0.15, 0.2) is 18.5 Å². The number of nitrogens with zero attached hydrogens (tertiary/aromatic N) is 4. The highest BCUT2D eigenvalue weighted by Gasteiger charge is 2.29. The molecule has 1 aromatic heterocycles. The molecule has 0 unspecified atom stereocenters. The molecule has 0 saturated carbocycles. The van der Waals surface area contributed by atoms with Gasteiger partial charge in [0.05, 0.1) is 10.5 Å². The molecule has 0 radical (unpaired) electrons. The van der Waals surface area contributed by atoms with Gasteiger partial charge in [0.15, 0.2) is 5.75 Å². The Balaban J connectivity index is 1.75. The van der Waals surface area contributed by atoms with Crippen molar-refractivity contribution in [3.8, 4) is 5.75 Å². The number of aryl methyl sites for hydroxylation is 1. The molecule has 1 saturated heterocycles. The van der Waals surface area contributed by atoms with Gasteiger partial charge in [0.25, 0.3) is 0 Å². The summed E-state index contributed by atoms with van der Waals surface area (Å²) < 4.78 is 11.2. The average molecular weight is 497 g/mol. The number of rotatable bonds is 5. The van der Waals surface area contributed by atoms with Crippen LogP contribution in [0, 0.1) is 17.0 Å². The summed E-state index contributed by atoms with van der Waals surface area (Å²) >= 11 is 12.1. The number of hydrogen-bond acceptors (Lipinski definition) is 7. The van der Waals surface area contributed by atoms with Crippen molar-refractivity contribution in [1.29, 1.82) is 0 Å². The van der Waals surface area contributed by atoms with Gasteiger partial charge in [-0.1, -0.05) is 29.3 Å². The Kier molecular flexibility index (Phi) is 7.64. The predicted octanol–water partition coefficient (Wildman–Crippen LogP) is 5.69. The first-order chi connectivity index (χ1) is 15.5. The molecule has 1 aliphatic rings. The van der Waals surface area contributed by atoms with Gasteiger partial charge in [-0.2, -0.15) is 0 Å². The number of aromatic nitrogens is 2. The predicted molar refractivity (Wildman–Crippen MR) is 124 cm³/mol. The Hall–Kier alpha value is -2.65. The largest absolute Gasteiger partial charge is 0.482 e. The molecule has 0 atom stereocenters. The molecule has 1 fully saturated rings. The summed E-state index contributed by atoms with van der Waals surface area (Å²) in [5, 5.41) is 12.1. The molecule has 11 heteroatoms. The topological polar surface area (TPSA) is 108 Å². The highest BCUT2D eigenvalue weighted by atomic mass is 35.5. The van der Waals surface area contributed by atoms with Crippen LogP contribution in [-0.2, 0) is 11.3 Å². The molecule has 2 aromatic rings. The SMILES string of the molecule is Cc1cc(C2CCN(C(=O)OC(C)(C)C)CC2)cc([N+](=O)[O-])c1OCc1c(Cl)ncnc1Cl. The van der Waals surface area contributed by atoms with E-state index in [1.807, 2.05) is 26.8 Å². The third-order valence-electron chi connectivity index (χ3n) is 5.29. The number of carbonyl (C=O) groups excluding carboxylic acids is 1. The highest BCUT2D eigenvalue weighted by Crippen LogP contribution is 2.38. The molecule has 9 nitrogen and oxygen atoms in total. The van der Waals surface area contributed by atoms with E-state index >= 15 is 0 Å². The number of likely N-dealkylation sites (tertiary alicyclic amines) is 1. The molecule has 33 heavy (non-hydrogen) atoms. The van der Waals surface area contributed by atoms with Gasteiger partial charge < -0.3 is 14.4 Å². The first-order valence-corrected chi connectivity index (χ1v) is 11.3. The minimum Gasteiger partial charge on any atom is -0.482 e. The van der Waals surface area contributed by atoms with E-state index < -0.39 is 10.5 Å². The molecule has 1 amide bonds. The summed E-state index contributed by atoms with van der Waals surface area (Å²) in [6.45, 7) is 8.19. The lowest BCUT2D eigenvalue weighted by Crippen LogP contribution is -2.41. The number of piperidine rings is 1. The maximum atomic E-state index is 12.3. The number of benzene rings is 1. The summed E-state index contributed by atoms with van der Waals surface area (Å²) in [6.07, 6.45) is 2.25. The summed E-state index contributed by atoms with van der Waals surface area (Å²) in [6, 6.07) is 3.43. The summed E-state index contributed by atoms with van der Waals surface area (Å²) in [4.78, 5) is 33.1. The van der Waals surface area contributed by atoms with Crippen molar-refractivity contribution in [1.82, 2.24) is 14.9 Å². The molecule has 1 aliphatic heterocycles. The summed E-state index contributed by atoms with van der Waals surface area (Å²) in [7, 11) is 0. The van der Waals surface area contributed by atoms with Crippen LogP contribution in [0.2, 0.25) is 10.3 Å². The van der Waals surface area contributed by atoms with Crippen molar-refractivity contribution >= 4 is 35.0 Å². The zero-order chi connectivity index (χ0) is 24.3. The molecule has 3 rings (SSSR count). The Morgan fingerprint density at radius 2 is 1.82 bits per heavy atom. The second-order valence-electron chi connectivity index (χ2n) is 8.91. The molecule has 1 aromatic carbocycles. The summed E-state index contributed by atoms with van der Waals surface area (Å²) in [5.74, 6) is 0.229. The molecule has 178 valence electrons. The molecular weight excluding hydrogens is 471 g/mol. The Bertz CT molecular complexity index is 1030. The molecule has 0 aliphatic carbocycles. The second-order valence-corrected chi connectivity index (χ2v) is 9.62. The molecule has 0 bridgehead atoms. The van der Waals surface area contributed by atoms with E-state index in [1.54, 1.807) is 17.9 Å². The van der Waals surface area contributed by atoms with E-state index in [1.165, 1.54) is 6.33 Å². The van der Waals surface area contributed by atoms with Crippen LogP contribution in [0.3, 0.4) is 0 Å². The third-order valence-corrected chi connectivity index (χ3v) is 5.94. The van der Waals surface area contributed by atoms with Crippen molar-refractivity contribution in [2.45, 2.75) is 58.7 Å². The highest BCUT2D eigenvalue weighted by molar-refractivity contribution is 6.34. The lowest BCUT2D eigenvalue weighted by atomic mass is 9.88. The number of ether oxygens (including phenoxy) is 2. The average Bonchev–Trinajstić information content (AvgIpc) is 2.72. The van der Waals surface area contributed by atoms with Gasteiger partial charge in [-0.05, 0) is 57.6 Å². The van der Waals surface area contributed by atoms with Crippen LogP contribution in [0.5, 0.6) is 5.75 Å². The number of carbonyl (C=O) groups is 1.